The van der Waals surface area contributed by atoms with E-state index in [0.717, 1.165) is 60.9 Å². The number of furan rings is 1. The van der Waals surface area contributed by atoms with Crippen molar-refractivity contribution >= 4 is 43.7 Å². The maximum absolute atomic E-state index is 8.57. The number of aromatic nitrogens is 4. The van der Waals surface area contributed by atoms with Crippen molar-refractivity contribution in [2.24, 2.45) is 0 Å². The van der Waals surface area contributed by atoms with E-state index in [1.165, 1.54) is 10.8 Å². The van der Waals surface area contributed by atoms with Crippen LogP contribution < -0.4 is 0 Å². The lowest BCUT2D eigenvalue weighted by Crippen LogP contribution is -2.00. The van der Waals surface area contributed by atoms with Gasteiger partial charge in [-0.25, -0.2) is 15.0 Å². The van der Waals surface area contributed by atoms with Crippen molar-refractivity contribution in [3.8, 4) is 62.1 Å². The molecule has 3 heterocycles. The number of para-hydroxylation sites is 2. The summed E-state index contributed by atoms with van der Waals surface area (Å²) in [7, 11) is 0. The van der Waals surface area contributed by atoms with E-state index in [9.17, 15) is 0 Å². The van der Waals surface area contributed by atoms with Gasteiger partial charge in [0.05, 0.1) is 17.9 Å². The molecule has 0 aliphatic carbocycles. The predicted molar refractivity (Wildman–Crippen MR) is 229 cm³/mol. The highest BCUT2D eigenvalue weighted by atomic mass is 16.3. The van der Waals surface area contributed by atoms with E-state index in [1.54, 1.807) is 18.2 Å². The average Bonchev–Trinajstić information content (AvgIpc) is 3.85. The van der Waals surface area contributed by atoms with Crippen molar-refractivity contribution in [3.63, 3.8) is 0 Å². The normalized spacial score (nSPS) is 12.8. The van der Waals surface area contributed by atoms with Crippen molar-refractivity contribution in [1.82, 2.24) is 19.5 Å². The van der Waals surface area contributed by atoms with Gasteiger partial charge in [-0.2, -0.15) is 0 Å². The fourth-order valence-corrected chi connectivity index (χ4v) is 7.66. The zero-order chi connectivity index (χ0) is 41.4. The molecule has 0 radical (unpaired) electrons. The summed E-state index contributed by atoms with van der Waals surface area (Å²) in [5, 5.41) is 4.26. The molecule has 5 heteroatoms. The zero-order valence-electron chi connectivity index (χ0n) is 34.8. The third-order valence-corrected chi connectivity index (χ3v) is 10.3. The molecule has 0 unspecified atom stereocenters. The highest BCUT2D eigenvalue weighted by molar-refractivity contribution is 6.11. The van der Waals surface area contributed by atoms with Crippen LogP contribution in [0.4, 0.5) is 0 Å². The van der Waals surface area contributed by atoms with Crippen LogP contribution in [0.5, 0.6) is 0 Å². The molecule has 11 aromatic rings. The molecule has 0 bridgehead atoms. The van der Waals surface area contributed by atoms with E-state index >= 15 is 0 Å². The maximum Gasteiger partial charge on any atom is 0.164 e. The van der Waals surface area contributed by atoms with Gasteiger partial charge in [0.1, 0.15) is 11.2 Å². The van der Waals surface area contributed by atoms with Gasteiger partial charge in [-0.05, 0) is 89.0 Å². The Kier molecular flexibility index (Phi) is 6.29. The molecule has 0 atom stereocenters. The van der Waals surface area contributed by atoms with E-state index in [2.05, 4.69) is 89.5 Å². The fourth-order valence-electron chi connectivity index (χ4n) is 7.66. The van der Waals surface area contributed by atoms with E-state index in [4.69, 9.17) is 26.2 Å². The Labute approximate surface area is 329 Å². The molecule has 3 aromatic heterocycles. The van der Waals surface area contributed by atoms with Crippen molar-refractivity contribution in [3.05, 3.63) is 194 Å². The summed E-state index contributed by atoms with van der Waals surface area (Å²) >= 11 is 0. The molecular formula is C51H32N4O. The monoisotopic (exact) mass is 721 g/mol. The molecule has 0 fully saturated rings. The zero-order valence-corrected chi connectivity index (χ0v) is 29.8. The van der Waals surface area contributed by atoms with E-state index in [0.29, 0.717) is 28.6 Å². The summed E-state index contributed by atoms with van der Waals surface area (Å²) in [5.41, 5.74) is 9.82. The Hall–Kier alpha value is -7.63. The van der Waals surface area contributed by atoms with Crippen molar-refractivity contribution < 1.29 is 11.3 Å². The molecule has 0 aliphatic rings. The molecular weight excluding hydrogens is 685 g/mol. The maximum atomic E-state index is 8.57. The lowest BCUT2D eigenvalue weighted by atomic mass is 10.0. The Bertz CT molecular complexity index is 3520. The average molecular weight is 722 g/mol. The smallest absolute Gasteiger partial charge is 0.164 e. The number of hydrogen-bond donors (Lipinski definition) is 0. The second kappa shape index (κ2) is 13.0. The quantitative estimate of drug-likeness (QED) is 0.172. The summed E-state index contributed by atoms with van der Waals surface area (Å²) in [5.74, 6) is 1.30. The third kappa shape index (κ3) is 5.45. The highest BCUT2D eigenvalue weighted by Gasteiger charge is 2.17. The lowest BCUT2D eigenvalue weighted by molar-refractivity contribution is 0.669. The summed E-state index contributed by atoms with van der Waals surface area (Å²) < 4.78 is 50.4. The first-order valence-electron chi connectivity index (χ1n) is 20.9. The number of hydrogen-bond acceptors (Lipinski definition) is 4. The van der Waals surface area contributed by atoms with Gasteiger partial charge >= 0.3 is 0 Å². The molecule has 0 saturated carbocycles. The molecule has 0 N–H and O–H groups in total. The van der Waals surface area contributed by atoms with Gasteiger partial charge in [-0.1, -0.05) is 127 Å². The highest BCUT2D eigenvalue weighted by Crippen LogP contribution is 2.38. The van der Waals surface area contributed by atoms with Gasteiger partial charge in [0.15, 0.2) is 17.5 Å². The number of benzene rings is 8. The van der Waals surface area contributed by atoms with Crippen LogP contribution in [-0.2, 0) is 0 Å². The minimum Gasteiger partial charge on any atom is -0.456 e. The molecule has 0 amide bonds. The van der Waals surface area contributed by atoms with Gasteiger partial charge < -0.3 is 8.98 Å². The molecule has 56 heavy (non-hydrogen) atoms. The Balaban J connectivity index is 1.00. The first-order valence-corrected chi connectivity index (χ1v) is 18.4. The minimum absolute atomic E-state index is 0.113. The van der Waals surface area contributed by atoms with Crippen LogP contribution in [0.2, 0.25) is 0 Å². The first-order chi connectivity index (χ1) is 29.8. The van der Waals surface area contributed by atoms with Crippen LogP contribution in [0, 0.1) is 0 Å². The van der Waals surface area contributed by atoms with E-state index in [1.807, 2.05) is 60.7 Å². The second-order valence-corrected chi connectivity index (χ2v) is 13.7. The van der Waals surface area contributed by atoms with Crippen molar-refractivity contribution in [1.29, 1.82) is 0 Å². The van der Waals surface area contributed by atoms with Gasteiger partial charge in [-0.15, -0.1) is 0 Å². The Morgan fingerprint density at radius 2 is 0.964 bits per heavy atom. The molecule has 11 rings (SSSR count). The van der Waals surface area contributed by atoms with Crippen LogP contribution >= 0.6 is 0 Å². The van der Waals surface area contributed by atoms with Gasteiger partial charge in [0.25, 0.3) is 0 Å². The van der Waals surface area contributed by atoms with Crippen molar-refractivity contribution in [2.75, 3.05) is 0 Å². The predicted octanol–water partition coefficient (Wildman–Crippen LogP) is 13.2. The van der Waals surface area contributed by atoms with Crippen LogP contribution in [0.25, 0.3) is 106 Å². The molecule has 262 valence electrons. The molecule has 8 aromatic carbocycles. The van der Waals surface area contributed by atoms with Crippen molar-refractivity contribution in [2.45, 2.75) is 0 Å². The topological polar surface area (TPSA) is 56.7 Å². The van der Waals surface area contributed by atoms with Crippen LogP contribution in [0.1, 0.15) is 6.85 Å². The van der Waals surface area contributed by atoms with Gasteiger partial charge in [0.2, 0.25) is 0 Å². The third-order valence-electron chi connectivity index (χ3n) is 10.3. The lowest BCUT2D eigenvalue weighted by Gasteiger charge is -2.10. The second-order valence-electron chi connectivity index (χ2n) is 13.7. The number of nitrogens with zero attached hydrogens (tertiary/aromatic N) is 4. The molecule has 5 nitrogen and oxygen atoms in total. The minimum atomic E-state index is -0.436. The summed E-state index contributed by atoms with van der Waals surface area (Å²) in [6, 6.07) is 52.9. The van der Waals surface area contributed by atoms with Crippen LogP contribution in [0.15, 0.2) is 198 Å². The Morgan fingerprint density at radius 1 is 0.375 bits per heavy atom. The first kappa shape index (κ1) is 27.0. The number of fused-ring (bicyclic) bond motifs is 6. The Morgan fingerprint density at radius 3 is 1.79 bits per heavy atom. The largest absolute Gasteiger partial charge is 0.456 e. The number of rotatable bonds is 6. The standard InChI is InChI=1S/C51H32N4O/c1-4-13-33(14-5-1)35-17-12-18-38(29-35)50-52-49(34-15-6-2-7-16-34)53-51(54-50)39-25-28-47-44(31-39)42-26-23-37(32-48(42)56-47)36-24-27-46-43(30-36)41-21-10-11-22-45(41)55(46)40-19-8-3-9-20-40/h1-32H/i1D,4D,5D,13D,14D. The molecule has 0 spiro atoms. The summed E-state index contributed by atoms with van der Waals surface area (Å²) in [6.45, 7) is 0. The van der Waals surface area contributed by atoms with E-state index in [-0.39, 0.29) is 17.6 Å². The molecule has 0 aliphatic heterocycles. The van der Waals surface area contributed by atoms with Gasteiger partial charge in [-0.3, -0.25) is 0 Å². The SMILES string of the molecule is [2H]c1c([2H])c([2H])c(-c2cccc(-c3nc(-c4ccccc4)nc(-c4ccc5oc6cc(-c7ccc8c(c7)c7ccccc7n8-c7ccccc7)ccc6c5c4)n3)c2)c([2H])c1[2H]. The van der Waals surface area contributed by atoms with E-state index < -0.39 is 18.1 Å². The fraction of sp³-hybridized carbons (Fsp3) is 0. The summed E-state index contributed by atoms with van der Waals surface area (Å²) in [4.78, 5) is 14.8. The molecule has 0 saturated heterocycles. The summed E-state index contributed by atoms with van der Waals surface area (Å²) in [6.07, 6.45) is 0. The van der Waals surface area contributed by atoms with Crippen LogP contribution in [-0.4, -0.2) is 19.5 Å². The van der Waals surface area contributed by atoms with Gasteiger partial charge in [0, 0.05) is 43.9 Å². The van der Waals surface area contributed by atoms with Crippen LogP contribution in [0.3, 0.4) is 0 Å².